The molecule has 0 unspecified atom stereocenters. The molecule has 0 saturated carbocycles. The van der Waals surface area contributed by atoms with Crippen molar-refractivity contribution in [3.63, 3.8) is 0 Å². The van der Waals surface area contributed by atoms with E-state index in [1.807, 2.05) is 13.1 Å². The predicted molar refractivity (Wildman–Crippen MR) is 78.9 cm³/mol. The summed E-state index contributed by atoms with van der Waals surface area (Å²) in [5, 5.41) is 3.05. The molecule has 0 bridgehead atoms. The van der Waals surface area contributed by atoms with Gasteiger partial charge in [-0.25, -0.2) is 8.42 Å². The molecule has 1 N–H and O–H groups in total. The van der Waals surface area contributed by atoms with Crippen LogP contribution < -0.4 is 5.32 Å². The summed E-state index contributed by atoms with van der Waals surface area (Å²) in [6.45, 7) is 2.06. The van der Waals surface area contributed by atoms with Crippen LogP contribution in [0.1, 0.15) is 37.0 Å². The van der Waals surface area contributed by atoms with Gasteiger partial charge in [-0.2, -0.15) is 4.31 Å². The van der Waals surface area contributed by atoms with Gasteiger partial charge in [0.1, 0.15) is 4.21 Å². The standard InChI is InChI=1S/C13H22N2O2S2/c1-14-11-12-7-8-13(18-12)19(16,17)15-9-5-3-2-4-6-10-15/h7-8,14H,2-6,9-11H2,1H3. The van der Waals surface area contributed by atoms with Crippen molar-refractivity contribution in [2.45, 2.75) is 42.9 Å². The van der Waals surface area contributed by atoms with Crippen LogP contribution in [0.25, 0.3) is 0 Å². The molecule has 6 heteroatoms. The molecule has 1 aromatic rings. The maximum atomic E-state index is 12.6. The lowest BCUT2D eigenvalue weighted by molar-refractivity contribution is 0.365. The lowest BCUT2D eigenvalue weighted by atomic mass is 10.1. The molecule has 0 atom stereocenters. The molecule has 2 heterocycles. The summed E-state index contributed by atoms with van der Waals surface area (Å²) in [7, 11) is -1.41. The first-order valence-electron chi connectivity index (χ1n) is 6.88. The molecule has 0 radical (unpaired) electrons. The fourth-order valence-corrected chi connectivity index (χ4v) is 5.39. The van der Waals surface area contributed by atoms with Gasteiger partial charge >= 0.3 is 0 Å². The van der Waals surface area contributed by atoms with Crippen molar-refractivity contribution >= 4 is 21.4 Å². The maximum Gasteiger partial charge on any atom is 0.252 e. The Kier molecular flexibility index (Phi) is 5.38. The lowest BCUT2D eigenvalue weighted by Gasteiger charge is -2.23. The van der Waals surface area contributed by atoms with Crippen LogP contribution in [0.2, 0.25) is 0 Å². The molecule has 1 saturated heterocycles. The summed E-state index contributed by atoms with van der Waals surface area (Å²) >= 11 is 1.38. The first-order chi connectivity index (χ1) is 9.14. The third-order valence-corrected chi connectivity index (χ3v) is 6.85. The first kappa shape index (κ1) is 15.0. The SMILES string of the molecule is CNCc1ccc(S(=O)(=O)N2CCCCCCC2)s1. The Balaban J connectivity index is 2.14. The summed E-state index contributed by atoms with van der Waals surface area (Å²) in [5.41, 5.74) is 0. The van der Waals surface area contributed by atoms with Crippen molar-refractivity contribution in [1.29, 1.82) is 0 Å². The van der Waals surface area contributed by atoms with Crippen molar-refractivity contribution in [3.8, 4) is 0 Å². The summed E-state index contributed by atoms with van der Waals surface area (Å²) in [5.74, 6) is 0. The Labute approximate surface area is 119 Å². The smallest absolute Gasteiger partial charge is 0.252 e. The molecule has 1 fully saturated rings. The second-order valence-corrected chi connectivity index (χ2v) is 8.26. The zero-order valence-electron chi connectivity index (χ0n) is 11.4. The Morgan fingerprint density at radius 1 is 1.16 bits per heavy atom. The molecule has 2 rings (SSSR count). The maximum absolute atomic E-state index is 12.6. The number of nitrogens with one attached hydrogen (secondary N) is 1. The number of sulfonamides is 1. The monoisotopic (exact) mass is 302 g/mol. The fourth-order valence-electron chi connectivity index (χ4n) is 2.35. The van der Waals surface area contributed by atoms with Gasteiger partial charge in [-0.15, -0.1) is 11.3 Å². The van der Waals surface area contributed by atoms with Crippen LogP contribution >= 0.6 is 11.3 Å². The van der Waals surface area contributed by atoms with E-state index in [1.165, 1.54) is 17.8 Å². The van der Waals surface area contributed by atoms with Crippen LogP contribution in [0.4, 0.5) is 0 Å². The molecule has 19 heavy (non-hydrogen) atoms. The predicted octanol–water partition coefficient (Wildman–Crippen LogP) is 2.42. The molecule has 0 aromatic carbocycles. The van der Waals surface area contributed by atoms with Gasteiger partial charge in [-0.3, -0.25) is 0 Å². The molecule has 0 spiro atoms. The van der Waals surface area contributed by atoms with E-state index >= 15 is 0 Å². The molecule has 108 valence electrons. The van der Waals surface area contributed by atoms with Gasteiger partial charge in [0, 0.05) is 24.5 Å². The van der Waals surface area contributed by atoms with E-state index in [4.69, 9.17) is 0 Å². The average molecular weight is 302 g/mol. The third-order valence-electron chi connectivity index (χ3n) is 3.40. The van der Waals surface area contributed by atoms with E-state index in [0.29, 0.717) is 17.3 Å². The van der Waals surface area contributed by atoms with Crippen molar-refractivity contribution in [3.05, 3.63) is 17.0 Å². The van der Waals surface area contributed by atoms with Crippen molar-refractivity contribution < 1.29 is 8.42 Å². The normalized spacial score (nSPS) is 19.0. The highest BCUT2D eigenvalue weighted by molar-refractivity contribution is 7.91. The van der Waals surface area contributed by atoms with Gasteiger partial charge < -0.3 is 5.32 Å². The molecule has 1 aliphatic rings. The van der Waals surface area contributed by atoms with Crippen molar-refractivity contribution in [2.75, 3.05) is 20.1 Å². The Morgan fingerprint density at radius 2 is 1.79 bits per heavy atom. The third kappa shape index (κ3) is 3.78. The molecule has 1 aromatic heterocycles. The fraction of sp³-hybridized carbons (Fsp3) is 0.692. The average Bonchev–Trinajstić information content (AvgIpc) is 2.77. The highest BCUT2D eigenvalue weighted by Gasteiger charge is 2.26. The quantitative estimate of drug-likeness (QED) is 0.929. The Hall–Kier alpha value is -0.430. The van der Waals surface area contributed by atoms with Crippen LogP contribution in [0.5, 0.6) is 0 Å². The number of nitrogens with zero attached hydrogens (tertiary/aromatic N) is 1. The molecule has 0 amide bonds. The topological polar surface area (TPSA) is 49.4 Å². The minimum Gasteiger partial charge on any atom is -0.315 e. The van der Waals surface area contributed by atoms with Gasteiger partial charge in [0.25, 0.3) is 10.0 Å². The minimum absolute atomic E-state index is 0.485. The summed E-state index contributed by atoms with van der Waals surface area (Å²) in [4.78, 5) is 1.06. The molecule has 0 aliphatic carbocycles. The minimum atomic E-state index is -3.27. The van der Waals surface area contributed by atoms with Crippen LogP contribution in [-0.4, -0.2) is 32.9 Å². The molecular weight excluding hydrogens is 280 g/mol. The van der Waals surface area contributed by atoms with E-state index < -0.39 is 10.0 Å². The molecular formula is C13H22N2O2S2. The largest absolute Gasteiger partial charge is 0.315 e. The molecule has 1 aliphatic heterocycles. The zero-order valence-corrected chi connectivity index (χ0v) is 13.0. The summed E-state index contributed by atoms with van der Waals surface area (Å²) in [6, 6.07) is 3.64. The van der Waals surface area contributed by atoms with E-state index in [-0.39, 0.29) is 0 Å². The number of rotatable bonds is 4. The number of hydrogen-bond acceptors (Lipinski definition) is 4. The van der Waals surface area contributed by atoms with E-state index in [0.717, 1.165) is 37.1 Å². The lowest BCUT2D eigenvalue weighted by Crippen LogP contribution is -2.33. The zero-order chi connectivity index (χ0) is 13.7. The van der Waals surface area contributed by atoms with Crippen LogP contribution in [0.15, 0.2) is 16.3 Å². The highest BCUT2D eigenvalue weighted by Crippen LogP contribution is 2.26. The van der Waals surface area contributed by atoms with E-state index in [2.05, 4.69) is 5.32 Å². The van der Waals surface area contributed by atoms with Crippen LogP contribution in [0, 0.1) is 0 Å². The van der Waals surface area contributed by atoms with Crippen LogP contribution in [-0.2, 0) is 16.6 Å². The molecule has 4 nitrogen and oxygen atoms in total. The van der Waals surface area contributed by atoms with Gasteiger partial charge in [-0.05, 0) is 32.0 Å². The Morgan fingerprint density at radius 3 is 2.42 bits per heavy atom. The number of hydrogen-bond donors (Lipinski definition) is 1. The van der Waals surface area contributed by atoms with Crippen molar-refractivity contribution in [2.24, 2.45) is 0 Å². The second-order valence-electron chi connectivity index (χ2n) is 4.92. The van der Waals surface area contributed by atoms with Gasteiger partial charge in [0.15, 0.2) is 0 Å². The first-order valence-corrected chi connectivity index (χ1v) is 9.14. The van der Waals surface area contributed by atoms with Crippen molar-refractivity contribution in [1.82, 2.24) is 9.62 Å². The highest BCUT2D eigenvalue weighted by atomic mass is 32.2. The van der Waals surface area contributed by atoms with E-state index in [9.17, 15) is 8.42 Å². The van der Waals surface area contributed by atoms with Gasteiger partial charge in [0.2, 0.25) is 0 Å². The van der Waals surface area contributed by atoms with Gasteiger partial charge in [-0.1, -0.05) is 19.3 Å². The number of thiophene rings is 1. The van der Waals surface area contributed by atoms with Crippen LogP contribution in [0.3, 0.4) is 0 Å². The second kappa shape index (κ2) is 6.83. The Bertz CT molecular complexity index is 488. The van der Waals surface area contributed by atoms with E-state index in [1.54, 1.807) is 10.4 Å². The summed E-state index contributed by atoms with van der Waals surface area (Å²) < 4.78 is 27.3. The van der Waals surface area contributed by atoms with Gasteiger partial charge in [0.05, 0.1) is 0 Å². The summed E-state index contributed by atoms with van der Waals surface area (Å²) in [6.07, 6.45) is 5.48.